The van der Waals surface area contributed by atoms with E-state index >= 15 is 0 Å². The highest BCUT2D eigenvalue weighted by Crippen LogP contribution is 2.52. The Morgan fingerprint density at radius 1 is 0.900 bits per heavy atom. The van der Waals surface area contributed by atoms with Gasteiger partial charge in [-0.1, -0.05) is 18.2 Å². The third-order valence-electron chi connectivity index (χ3n) is 2.25. The third-order valence-corrected chi connectivity index (χ3v) is 3.17. The lowest BCUT2D eigenvalue weighted by atomic mass is 10.0. The van der Waals surface area contributed by atoms with Gasteiger partial charge in [-0.05, 0) is 6.07 Å². The van der Waals surface area contributed by atoms with Crippen molar-refractivity contribution in [2.45, 2.75) is 22.9 Å². The Labute approximate surface area is 107 Å². The van der Waals surface area contributed by atoms with Crippen LogP contribution in [0, 0.1) is 0 Å². The van der Waals surface area contributed by atoms with E-state index in [1.807, 2.05) is 0 Å². The molecule has 0 aliphatic rings. The highest BCUT2D eigenvalue weighted by Gasteiger charge is 2.74. The maximum Gasteiger partial charge on any atom is 0.460 e. The second kappa shape index (κ2) is 4.58. The van der Waals surface area contributed by atoms with Crippen LogP contribution in [0.3, 0.4) is 0 Å². The Morgan fingerprint density at radius 2 is 1.35 bits per heavy atom. The first-order valence-electron chi connectivity index (χ1n) is 4.62. The lowest BCUT2D eigenvalue weighted by molar-refractivity contribution is -0.360. The minimum Gasteiger partial charge on any atom is -0.282 e. The summed E-state index contributed by atoms with van der Waals surface area (Å²) in [6.45, 7) is 0. The topological polar surface area (TPSA) is 54.4 Å². The van der Waals surface area contributed by atoms with E-state index in [1.54, 1.807) is 0 Å². The average Bonchev–Trinajstić information content (AvgIpc) is 2.26. The van der Waals surface area contributed by atoms with Gasteiger partial charge in [0.1, 0.15) is 4.90 Å². The van der Waals surface area contributed by atoms with E-state index in [1.165, 1.54) is 0 Å². The minimum absolute atomic E-state index is 0.0583. The number of hydrogen-bond acceptors (Lipinski definition) is 2. The molecule has 0 amide bonds. The van der Waals surface area contributed by atoms with Gasteiger partial charge in [0.15, 0.2) is 0 Å². The van der Waals surface area contributed by atoms with Crippen LogP contribution in [0.2, 0.25) is 0 Å². The molecule has 11 heteroatoms. The minimum atomic E-state index is -6.61. The van der Waals surface area contributed by atoms with Crippen LogP contribution in [-0.4, -0.2) is 25.1 Å². The molecule has 0 unspecified atom stereocenters. The van der Waals surface area contributed by atoms with Gasteiger partial charge in [0.25, 0.3) is 10.1 Å². The van der Waals surface area contributed by atoms with Crippen molar-refractivity contribution >= 4 is 10.1 Å². The Kier molecular flexibility index (Phi) is 3.83. The van der Waals surface area contributed by atoms with Crippen molar-refractivity contribution in [3.63, 3.8) is 0 Å². The summed E-state index contributed by atoms with van der Waals surface area (Å²) in [5, 5.41) is 0. The van der Waals surface area contributed by atoms with E-state index < -0.39 is 38.6 Å². The SMILES string of the molecule is O=S(=O)(O)c1ccccc1C(F)(F)C(F)(F)C(F)(F)F. The maximum atomic E-state index is 13.4. The van der Waals surface area contributed by atoms with Gasteiger partial charge in [-0.3, -0.25) is 4.55 Å². The van der Waals surface area contributed by atoms with Crippen molar-refractivity contribution in [1.29, 1.82) is 0 Å². The summed E-state index contributed by atoms with van der Waals surface area (Å²) in [5.41, 5.74) is -2.15. The highest BCUT2D eigenvalue weighted by molar-refractivity contribution is 7.85. The molecule has 0 heterocycles. The van der Waals surface area contributed by atoms with Gasteiger partial charge < -0.3 is 0 Å². The van der Waals surface area contributed by atoms with Crippen molar-refractivity contribution < 1.29 is 43.7 Å². The zero-order valence-electron chi connectivity index (χ0n) is 9.13. The van der Waals surface area contributed by atoms with Crippen molar-refractivity contribution in [2.24, 2.45) is 0 Å². The van der Waals surface area contributed by atoms with Crippen LogP contribution < -0.4 is 0 Å². The first-order valence-corrected chi connectivity index (χ1v) is 6.06. The molecule has 0 saturated carbocycles. The fourth-order valence-electron chi connectivity index (χ4n) is 1.30. The van der Waals surface area contributed by atoms with Gasteiger partial charge in [0.2, 0.25) is 0 Å². The van der Waals surface area contributed by atoms with Gasteiger partial charge in [-0.15, -0.1) is 0 Å². The van der Waals surface area contributed by atoms with E-state index in [-0.39, 0.29) is 12.1 Å². The van der Waals surface area contributed by atoms with Gasteiger partial charge >= 0.3 is 18.0 Å². The van der Waals surface area contributed by atoms with E-state index in [4.69, 9.17) is 4.55 Å². The van der Waals surface area contributed by atoms with Crippen LogP contribution in [0.5, 0.6) is 0 Å². The molecule has 3 nitrogen and oxygen atoms in total. The molecule has 0 aromatic heterocycles. The van der Waals surface area contributed by atoms with Crippen LogP contribution in [0.15, 0.2) is 29.2 Å². The number of rotatable bonds is 3. The smallest absolute Gasteiger partial charge is 0.282 e. The number of hydrogen-bond donors (Lipinski definition) is 1. The van der Waals surface area contributed by atoms with Crippen molar-refractivity contribution in [2.75, 3.05) is 0 Å². The monoisotopic (exact) mass is 326 g/mol. The molecule has 1 N–H and O–H groups in total. The molecule has 0 radical (unpaired) electrons. The summed E-state index contributed by atoms with van der Waals surface area (Å²) in [4.78, 5) is -1.73. The van der Waals surface area contributed by atoms with Gasteiger partial charge in [-0.25, -0.2) is 0 Å². The predicted molar refractivity (Wildman–Crippen MR) is 51.2 cm³/mol. The summed E-state index contributed by atoms with van der Waals surface area (Å²) in [7, 11) is -5.40. The van der Waals surface area contributed by atoms with Crippen LogP contribution >= 0.6 is 0 Å². The molecule has 0 aliphatic heterocycles. The Bertz CT molecular complexity index is 606. The van der Waals surface area contributed by atoms with Crippen molar-refractivity contribution in [3.8, 4) is 0 Å². The largest absolute Gasteiger partial charge is 0.460 e. The summed E-state index contributed by atoms with van der Waals surface area (Å²) in [6.07, 6.45) is -6.61. The molecule has 0 fully saturated rings. The number of alkyl halides is 7. The molecular weight excluding hydrogens is 321 g/mol. The molecule has 1 aromatic carbocycles. The first-order chi connectivity index (χ1) is 8.73. The zero-order valence-corrected chi connectivity index (χ0v) is 9.94. The molecule has 0 aliphatic carbocycles. The molecule has 0 saturated heterocycles. The molecule has 0 bridgehead atoms. The molecule has 1 aromatic rings. The maximum absolute atomic E-state index is 13.4. The third kappa shape index (κ3) is 2.59. The second-order valence-electron chi connectivity index (χ2n) is 3.62. The Balaban J connectivity index is 3.61. The molecule has 0 spiro atoms. The summed E-state index contributed by atoms with van der Waals surface area (Å²) in [5.74, 6) is -12.4. The highest BCUT2D eigenvalue weighted by atomic mass is 32.2. The molecular formula is C9H5F7O3S. The standard InChI is InChI=1S/C9H5F7O3S/c10-7(11,8(12,13)9(14,15)16)5-3-1-2-4-6(5)20(17,18)19/h1-4H,(H,17,18,19). The zero-order chi connectivity index (χ0) is 16.0. The van der Waals surface area contributed by atoms with E-state index in [0.29, 0.717) is 6.07 Å². The lowest BCUT2D eigenvalue weighted by Crippen LogP contribution is -2.50. The van der Waals surface area contributed by atoms with Crippen LogP contribution in [0.25, 0.3) is 0 Å². The average molecular weight is 326 g/mol. The Hall–Kier alpha value is -1.36. The van der Waals surface area contributed by atoms with Crippen LogP contribution in [0.4, 0.5) is 30.7 Å². The van der Waals surface area contributed by atoms with Gasteiger partial charge in [-0.2, -0.15) is 39.2 Å². The first kappa shape index (κ1) is 16.7. The molecule has 1 rings (SSSR count). The normalized spacial score (nSPS) is 14.4. The lowest BCUT2D eigenvalue weighted by Gasteiger charge is -2.29. The number of halogens is 7. The molecule has 114 valence electrons. The summed E-state index contributed by atoms with van der Waals surface area (Å²) >= 11 is 0. The summed E-state index contributed by atoms with van der Waals surface area (Å²) in [6, 6.07) is 1.74. The molecule has 20 heavy (non-hydrogen) atoms. The Morgan fingerprint density at radius 3 is 1.75 bits per heavy atom. The van der Waals surface area contributed by atoms with Gasteiger partial charge in [0.05, 0.1) is 0 Å². The molecule has 0 atom stereocenters. The second-order valence-corrected chi connectivity index (χ2v) is 5.01. The predicted octanol–water partition coefficient (Wildman–Crippen LogP) is 3.22. The van der Waals surface area contributed by atoms with Crippen LogP contribution in [-0.2, 0) is 16.0 Å². The summed E-state index contributed by atoms with van der Waals surface area (Å²) < 4.78 is 119. The van der Waals surface area contributed by atoms with E-state index in [9.17, 15) is 39.2 Å². The van der Waals surface area contributed by atoms with Crippen molar-refractivity contribution in [1.82, 2.24) is 0 Å². The number of benzene rings is 1. The van der Waals surface area contributed by atoms with Crippen molar-refractivity contribution in [3.05, 3.63) is 29.8 Å². The van der Waals surface area contributed by atoms with E-state index in [2.05, 4.69) is 0 Å². The van der Waals surface area contributed by atoms with Gasteiger partial charge in [0, 0.05) is 5.56 Å². The van der Waals surface area contributed by atoms with Crippen LogP contribution in [0.1, 0.15) is 5.56 Å². The fraction of sp³-hybridized carbons (Fsp3) is 0.333. The quantitative estimate of drug-likeness (QED) is 0.685. The van der Waals surface area contributed by atoms with E-state index in [0.717, 1.165) is 6.07 Å². The fourth-order valence-corrected chi connectivity index (χ4v) is 2.02.